The van der Waals surface area contributed by atoms with Crippen molar-refractivity contribution in [1.29, 1.82) is 0 Å². The molecule has 120 valence electrons. The van der Waals surface area contributed by atoms with E-state index < -0.39 is 0 Å². The van der Waals surface area contributed by atoms with E-state index in [1.165, 1.54) is 44.9 Å². The van der Waals surface area contributed by atoms with Gasteiger partial charge in [-0.25, -0.2) is 0 Å². The molecule has 3 rings (SSSR count). The Balaban J connectivity index is 1.37. The van der Waals surface area contributed by atoms with Gasteiger partial charge in [-0.3, -0.25) is 9.69 Å². The minimum Gasteiger partial charge on any atom is -0.377 e. The Labute approximate surface area is 128 Å². The lowest BCUT2D eigenvalue weighted by Crippen LogP contribution is -2.50. The van der Waals surface area contributed by atoms with Crippen LogP contribution in [0.15, 0.2) is 0 Å². The van der Waals surface area contributed by atoms with Crippen molar-refractivity contribution in [1.82, 2.24) is 9.80 Å². The Bertz CT molecular complexity index is 328. The number of rotatable bonds is 4. The summed E-state index contributed by atoms with van der Waals surface area (Å²) in [5, 5.41) is 0. The molecule has 3 aliphatic rings. The van der Waals surface area contributed by atoms with E-state index >= 15 is 0 Å². The highest BCUT2D eigenvalue weighted by molar-refractivity contribution is 5.76. The maximum Gasteiger partial charge on any atom is 0.222 e. The molecular formula is C17H30N2O2. The first-order chi connectivity index (χ1) is 10.3. The van der Waals surface area contributed by atoms with Crippen molar-refractivity contribution in [3.8, 4) is 0 Å². The van der Waals surface area contributed by atoms with E-state index in [1.807, 2.05) is 0 Å². The molecule has 3 fully saturated rings. The van der Waals surface area contributed by atoms with Gasteiger partial charge in [-0.2, -0.15) is 0 Å². The first kappa shape index (κ1) is 15.3. The predicted molar refractivity (Wildman–Crippen MR) is 83.2 cm³/mol. The number of hydrogen-bond donors (Lipinski definition) is 0. The number of hydrogen-bond acceptors (Lipinski definition) is 3. The summed E-state index contributed by atoms with van der Waals surface area (Å²) in [7, 11) is 0. The number of amides is 1. The Morgan fingerprint density at radius 3 is 2.38 bits per heavy atom. The molecule has 0 aromatic carbocycles. The molecule has 0 bridgehead atoms. The summed E-state index contributed by atoms with van der Waals surface area (Å²) in [4.78, 5) is 17.0. The molecule has 0 spiro atoms. The van der Waals surface area contributed by atoms with Crippen molar-refractivity contribution in [2.24, 2.45) is 5.92 Å². The third-order valence-electron chi connectivity index (χ3n) is 5.40. The topological polar surface area (TPSA) is 32.8 Å². The quantitative estimate of drug-likeness (QED) is 0.797. The normalized spacial score (nSPS) is 29.0. The molecule has 1 unspecified atom stereocenters. The fraction of sp³-hybridized carbons (Fsp3) is 0.941. The molecule has 2 saturated heterocycles. The molecule has 0 aromatic heterocycles. The molecular weight excluding hydrogens is 264 g/mol. The van der Waals surface area contributed by atoms with Crippen molar-refractivity contribution in [2.75, 3.05) is 39.3 Å². The minimum atomic E-state index is 0.402. The molecule has 1 aliphatic carbocycles. The maximum absolute atomic E-state index is 12.4. The van der Waals surface area contributed by atoms with Crippen molar-refractivity contribution in [2.45, 2.75) is 57.5 Å². The first-order valence-electron chi connectivity index (χ1n) is 8.93. The Hall–Kier alpha value is -0.610. The second-order valence-corrected chi connectivity index (χ2v) is 7.02. The fourth-order valence-corrected chi connectivity index (χ4v) is 4.02. The van der Waals surface area contributed by atoms with Gasteiger partial charge in [0.1, 0.15) is 0 Å². The zero-order valence-corrected chi connectivity index (χ0v) is 13.3. The van der Waals surface area contributed by atoms with E-state index in [9.17, 15) is 4.79 Å². The van der Waals surface area contributed by atoms with Crippen LogP contribution in [0, 0.1) is 5.92 Å². The lowest BCUT2D eigenvalue weighted by atomic mass is 9.86. The predicted octanol–water partition coefficient (Wildman–Crippen LogP) is 2.28. The monoisotopic (exact) mass is 294 g/mol. The van der Waals surface area contributed by atoms with Crippen LogP contribution in [-0.4, -0.2) is 61.1 Å². The fourth-order valence-electron chi connectivity index (χ4n) is 4.02. The van der Waals surface area contributed by atoms with E-state index in [4.69, 9.17) is 4.74 Å². The number of ether oxygens (including phenoxy) is 1. The van der Waals surface area contributed by atoms with Crippen LogP contribution in [0.2, 0.25) is 0 Å². The van der Waals surface area contributed by atoms with E-state index in [0.29, 0.717) is 17.9 Å². The second kappa shape index (κ2) is 7.59. The molecule has 2 aliphatic heterocycles. The maximum atomic E-state index is 12.4. The second-order valence-electron chi connectivity index (χ2n) is 7.02. The van der Waals surface area contributed by atoms with Crippen LogP contribution in [0.25, 0.3) is 0 Å². The smallest absolute Gasteiger partial charge is 0.222 e. The van der Waals surface area contributed by atoms with Gasteiger partial charge in [0.05, 0.1) is 6.10 Å². The highest BCUT2D eigenvalue weighted by Crippen LogP contribution is 2.27. The van der Waals surface area contributed by atoms with Crippen molar-refractivity contribution < 1.29 is 9.53 Å². The average molecular weight is 294 g/mol. The Morgan fingerprint density at radius 1 is 0.952 bits per heavy atom. The van der Waals surface area contributed by atoms with Gasteiger partial charge in [0.2, 0.25) is 5.91 Å². The Morgan fingerprint density at radius 2 is 1.71 bits per heavy atom. The SMILES string of the molecule is O=C(CC1CCCCC1)N1CCN(CC2CCCO2)CC1. The largest absolute Gasteiger partial charge is 0.377 e. The molecule has 4 heteroatoms. The number of carbonyl (C=O) groups is 1. The van der Waals surface area contributed by atoms with E-state index in [-0.39, 0.29) is 0 Å². The summed E-state index contributed by atoms with van der Waals surface area (Å²) < 4.78 is 5.71. The molecule has 1 amide bonds. The van der Waals surface area contributed by atoms with Crippen LogP contribution in [0.4, 0.5) is 0 Å². The standard InChI is InChI=1S/C17H30N2O2/c20-17(13-15-5-2-1-3-6-15)19-10-8-18(9-11-19)14-16-7-4-12-21-16/h15-16H,1-14H2. The molecule has 21 heavy (non-hydrogen) atoms. The summed E-state index contributed by atoms with van der Waals surface area (Å²) >= 11 is 0. The van der Waals surface area contributed by atoms with Crippen LogP contribution in [-0.2, 0) is 9.53 Å². The lowest BCUT2D eigenvalue weighted by molar-refractivity contribution is -0.134. The van der Waals surface area contributed by atoms with Crippen molar-refractivity contribution in [3.63, 3.8) is 0 Å². The van der Waals surface area contributed by atoms with E-state index in [0.717, 1.165) is 45.8 Å². The van der Waals surface area contributed by atoms with Crippen LogP contribution in [0.1, 0.15) is 51.4 Å². The summed E-state index contributed by atoms with van der Waals surface area (Å²) in [5.41, 5.74) is 0. The molecule has 0 radical (unpaired) electrons. The van der Waals surface area contributed by atoms with Gasteiger partial charge in [0.25, 0.3) is 0 Å². The van der Waals surface area contributed by atoms with Gasteiger partial charge in [0.15, 0.2) is 0 Å². The van der Waals surface area contributed by atoms with Crippen LogP contribution < -0.4 is 0 Å². The van der Waals surface area contributed by atoms with Gasteiger partial charge < -0.3 is 9.64 Å². The lowest BCUT2D eigenvalue weighted by Gasteiger charge is -2.36. The molecule has 4 nitrogen and oxygen atoms in total. The first-order valence-corrected chi connectivity index (χ1v) is 8.93. The average Bonchev–Trinajstić information content (AvgIpc) is 3.02. The van der Waals surface area contributed by atoms with E-state index in [2.05, 4.69) is 9.80 Å². The zero-order chi connectivity index (χ0) is 14.5. The van der Waals surface area contributed by atoms with E-state index in [1.54, 1.807) is 0 Å². The van der Waals surface area contributed by atoms with Gasteiger partial charge in [-0.1, -0.05) is 19.3 Å². The van der Waals surface area contributed by atoms with Crippen LogP contribution in [0.3, 0.4) is 0 Å². The van der Waals surface area contributed by atoms with Gasteiger partial charge in [0, 0.05) is 45.8 Å². The minimum absolute atomic E-state index is 0.402. The number of piperazine rings is 1. The Kier molecular flexibility index (Phi) is 5.53. The van der Waals surface area contributed by atoms with Crippen molar-refractivity contribution in [3.05, 3.63) is 0 Å². The summed E-state index contributed by atoms with van der Waals surface area (Å²) in [6.07, 6.45) is 10.2. The molecule has 0 N–H and O–H groups in total. The zero-order valence-electron chi connectivity index (χ0n) is 13.3. The molecule has 1 atom stereocenters. The third-order valence-corrected chi connectivity index (χ3v) is 5.40. The van der Waals surface area contributed by atoms with Crippen molar-refractivity contribution >= 4 is 5.91 Å². The highest BCUT2D eigenvalue weighted by atomic mass is 16.5. The summed E-state index contributed by atoms with van der Waals surface area (Å²) in [6.45, 7) is 5.87. The molecule has 0 aromatic rings. The highest BCUT2D eigenvalue weighted by Gasteiger charge is 2.26. The number of carbonyl (C=O) groups excluding carboxylic acids is 1. The molecule has 2 heterocycles. The van der Waals surface area contributed by atoms with Crippen LogP contribution in [0.5, 0.6) is 0 Å². The van der Waals surface area contributed by atoms with Crippen LogP contribution >= 0.6 is 0 Å². The third kappa shape index (κ3) is 4.43. The molecule has 1 saturated carbocycles. The van der Waals surface area contributed by atoms with Gasteiger partial charge >= 0.3 is 0 Å². The van der Waals surface area contributed by atoms with Gasteiger partial charge in [-0.05, 0) is 31.6 Å². The summed E-state index contributed by atoms with van der Waals surface area (Å²) in [6, 6.07) is 0. The van der Waals surface area contributed by atoms with Gasteiger partial charge in [-0.15, -0.1) is 0 Å². The summed E-state index contributed by atoms with van der Waals surface area (Å²) in [5.74, 6) is 1.06. The number of nitrogens with zero attached hydrogens (tertiary/aromatic N) is 2.